The summed E-state index contributed by atoms with van der Waals surface area (Å²) in [6.07, 6.45) is 2.29. The largest absolute Gasteiger partial charge is 0.594 e. The fourth-order valence-corrected chi connectivity index (χ4v) is 0.390. The molecule has 0 saturated carbocycles. The predicted octanol–water partition coefficient (Wildman–Crippen LogP) is 0.0518. The van der Waals surface area contributed by atoms with Crippen LogP contribution in [0.5, 0.6) is 0 Å². The van der Waals surface area contributed by atoms with Gasteiger partial charge in [-0.15, -0.1) is 0 Å². The third-order valence-electron chi connectivity index (χ3n) is 0.706. The van der Waals surface area contributed by atoms with Crippen molar-refractivity contribution in [2.24, 2.45) is 5.11 Å². The topological polar surface area (TPSA) is 101 Å². The van der Waals surface area contributed by atoms with Crippen LogP contribution in [-0.4, -0.2) is 10.1 Å². The van der Waals surface area contributed by atoms with Gasteiger partial charge in [-0.3, -0.25) is 0 Å². The van der Waals surface area contributed by atoms with Crippen molar-refractivity contribution in [1.82, 2.24) is 10.1 Å². The van der Waals surface area contributed by atoms with E-state index in [9.17, 15) is 5.21 Å². The lowest BCUT2D eigenvalue weighted by atomic mass is 10.9. The second-order valence-electron chi connectivity index (χ2n) is 1.32. The molecule has 0 saturated heterocycles. The van der Waals surface area contributed by atoms with Gasteiger partial charge in [0.2, 0.25) is 6.20 Å². The molecule has 10 heavy (non-hydrogen) atoms. The number of aromatic nitrogens is 3. The normalized spacial score (nSPS) is 8.40. The maximum atomic E-state index is 10.3. The lowest BCUT2D eigenvalue weighted by Gasteiger charge is -1.88. The molecule has 0 fully saturated rings. The predicted molar refractivity (Wildman–Crippen MR) is 29.8 cm³/mol. The van der Waals surface area contributed by atoms with Crippen molar-refractivity contribution < 1.29 is 4.85 Å². The van der Waals surface area contributed by atoms with Gasteiger partial charge >= 0.3 is 0 Å². The Hall–Kier alpha value is -1.88. The highest BCUT2D eigenvalue weighted by atomic mass is 16.5. The van der Waals surface area contributed by atoms with Gasteiger partial charge in [0, 0.05) is 10.0 Å². The van der Waals surface area contributed by atoms with Gasteiger partial charge in [-0.05, 0) is 10.6 Å². The Kier molecular flexibility index (Phi) is 1.63. The summed E-state index contributed by atoms with van der Waals surface area (Å²) in [6, 6.07) is 0. The van der Waals surface area contributed by atoms with Crippen LogP contribution in [0, 0.1) is 5.21 Å². The molecule has 1 heterocycles. The summed E-state index contributed by atoms with van der Waals surface area (Å²) in [5.41, 5.74) is 7.88. The Morgan fingerprint density at radius 3 is 3.20 bits per heavy atom. The van der Waals surface area contributed by atoms with Crippen molar-refractivity contribution >= 4 is 5.95 Å². The zero-order valence-electron chi connectivity index (χ0n) is 4.75. The molecule has 0 radical (unpaired) electrons. The van der Waals surface area contributed by atoms with Crippen LogP contribution in [0.3, 0.4) is 0 Å². The second-order valence-corrected chi connectivity index (χ2v) is 1.32. The van der Waals surface area contributed by atoms with Gasteiger partial charge in [0.15, 0.2) is 0 Å². The molecule has 7 heteroatoms. The maximum absolute atomic E-state index is 10.3. The van der Waals surface area contributed by atoms with Crippen molar-refractivity contribution in [2.75, 3.05) is 0 Å². The zero-order chi connectivity index (χ0) is 7.40. The molecule has 0 aliphatic heterocycles. The van der Waals surface area contributed by atoms with E-state index in [2.05, 4.69) is 20.1 Å². The lowest BCUT2D eigenvalue weighted by molar-refractivity contribution is -0.668. The van der Waals surface area contributed by atoms with Gasteiger partial charge in [0.05, 0.1) is 6.20 Å². The van der Waals surface area contributed by atoms with E-state index >= 15 is 0 Å². The highest BCUT2D eigenvalue weighted by Gasteiger charge is 1.94. The highest BCUT2D eigenvalue weighted by molar-refractivity contribution is 5.06. The van der Waals surface area contributed by atoms with E-state index in [0.29, 0.717) is 0 Å². The van der Waals surface area contributed by atoms with E-state index in [-0.39, 0.29) is 10.8 Å². The minimum Gasteiger partial charge on any atom is -0.594 e. The summed E-state index contributed by atoms with van der Waals surface area (Å²) in [4.78, 5) is 6.13. The Labute approximate surface area is 55.2 Å². The molecule has 1 aromatic heterocycles. The SMILES string of the molecule is [N-]=[N+]=Nc1ncc[n+]([O-])n1. The van der Waals surface area contributed by atoms with Crippen molar-refractivity contribution in [3.05, 3.63) is 28.0 Å². The third-order valence-corrected chi connectivity index (χ3v) is 0.706. The van der Waals surface area contributed by atoms with Gasteiger partial charge < -0.3 is 5.21 Å². The monoisotopic (exact) mass is 138 g/mol. The molecule has 0 unspecified atom stereocenters. The van der Waals surface area contributed by atoms with E-state index in [1.807, 2.05) is 0 Å². The summed E-state index contributed by atoms with van der Waals surface area (Å²) >= 11 is 0. The summed E-state index contributed by atoms with van der Waals surface area (Å²) in [6.45, 7) is 0. The number of nitrogens with zero attached hydrogens (tertiary/aromatic N) is 6. The number of azide groups is 1. The van der Waals surface area contributed by atoms with Crippen molar-refractivity contribution in [1.29, 1.82) is 0 Å². The average Bonchev–Trinajstić information content (AvgIpc) is 1.88. The first-order valence-electron chi connectivity index (χ1n) is 2.30. The summed E-state index contributed by atoms with van der Waals surface area (Å²) in [5, 5.41) is 16.5. The smallest absolute Gasteiger partial charge is 0.285 e. The molecular weight excluding hydrogens is 136 g/mol. The quantitative estimate of drug-likeness (QED) is 0.180. The van der Waals surface area contributed by atoms with Crippen LogP contribution in [0.2, 0.25) is 0 Å². The minimum atomic E-state index is -0.181. The number of hydrogen-bond acceptors (Lipinski definition) is 4. The molecule has 0 bridgehead atoms. The fraction of sp³-hybridized carbons (Fsp3) is 0. The molecule has 0 aromatic carbocycles. The molecule has 0 aliphatic rings. The number of rotatable bonds is 1. The first-order valence-corrected chi connectivity index (χ1v) is 2.30. The fourth-order valence-electron chi connectivity index (χ4n) is 0.390. The standard InChI is InChI=1S/C3H2N6O/c4-8-6-3-5-1-2-9(10)7-3/h1-2H. The van der Waals surface area contributed by atoms with E-state index < -0.39 is 0 Å². The van der Waals surface area contributed by atoms with E-state index in [1.165, 1.54) is 6.20 Å². The van der Waals surface area contributed by atoms with Crippen LogP contribution >= 0.6 is 0 Å². The minimum absolute atomic E-state index is 0.181. The Morgan fingerprint density at radius 2 is 2.60 bits per heavy atom. The van der Waals surface area contributed by atoms with Crippen molar-refractivity contribution in [2.45, 2.75) is 0 Å². The van der Waals surface area contributed by atoms with E-state index in [1.54, 1.807) is 0 Å². The van der Waals surface area contributed by atoms with Crippen LogP contribution in [0.25, 0.3) is 10.4 Å². The second kappa shape index (κ2) is 2.60. The molecular formula is C3H2N6O. The Morgan fingerprint density at radius 1 is 1.80 bits per heavy atom. The third kappa shape index (κ3) is 1.30. The molecule has 0 aliphatic carbocycles. The molecule has 0 amide bonds. The molecule has 0 N–H and O–H groups in total. The van der Waals surface area contributed by atoms with Crippen LogP contribution in [-0.2, 0) is 0 Å². The first kappa shape index (κ1) is 6.24. The number of hydrogen-bond donors (Lipinski definition) is 0. The molecule has 7 nitrogen and oxygen atoms in total. The van der Waals surface area contributed by atoms with Crippen LogP contribution in [0.15, 0.2) is 17.5 Å². The van der Waals surface area contributed by atoms with Gasteiger partial charge in [-0.25, -0.2) is 4.98 Å². The maximum Gasteiger partial charge on any atom is 0.285 e. The van der Waals surface area contributed by atoms with Crippen LogP contribution < -0.4 is 4.85 Å². The van der Waals surface area contributed by atoms with Gasteiger partial charge in [0.1, 0.15) is 0 Å². The average molecular weight is 138 g/mol. The molecule has 0 atom stereocenters. The van der Waals surface area contributed by atoms with Gasteiger partial charge in [-0.1, -0.05) is 4.85 Å². The Bertz CT molecular complexity index is 278. The molecule has 1 aromatic rings. The zero-order valence-corrected chi connectivity index (χ0v) is 4.75. The lowest BCUT2D eigenvalue weighted by Crippen LogP contribution is -2.29. The summed E-state index contributed by atoms with van der Waals surface area (Å²) in [5.74, 6) is -0.181. The summed E-state index contributed by atoms with van der Waals surface area (Å²) in [7, 11) is 0. The van der Waals surface area contributed by atoms with Crippen molar-refractivity contribution in [3.63, 3.8) is 0 Å². The van der Waals surface area contributed by atoms with Gasteiger partial charge in [0.25, 0.3) is 5.95 Å². The summed E-state index contributed by atoms with van der Waals surface area (Å²) < 4.78 is 0. The van der Waals surface area contributed by atoms with E-state index in [0.717, 1.165) is 6.20 Å². The highest BCUT2D eigenvalue weighted by Crippen LogP contribution is 1.94. The molecule has 0 spiro atoms. The molecule has 50 valence electrons. The first-order chi connectivity index (χ1) is 4.83. The van der Waals surface area contributed by atoms with E-state index in [4.69, 9.17) is 5.53 Å². The Balaban J connectivity index is 3.06. The van der Waals surface area contributed by atoms with Crippen LogP contribution in [0.1, 0.15) is 0 Å². The van der Waals surface area contributed by atoms with Gasteiger partial charge in [-0.2, -0.15) is 0 Å². The van der Waals surface area contributed by atoms with Crippen LogP contribution in [0.4, 0.5) is 5.95 Å². The molecule has 1 rings (SSSR count). The van der Waals surface area contributed by atoms with Crippen molar-refractivity contribution in [3.8, 4) is 0 Å².